The van der Waals surface area contributed by atoms with Gasteiger partial charge in [-0.05, 0) is 48.6 Å². The van der Waals surface area contributed by atoms with Gasteiger partial charge in [0.2, 0.25) is 0 Å². The zero-order valence-electron chi connectivity index (χ0n) is 16.2. The van der Waals surface area contributed by atoms with E-state index < -0.39 is 0 Å². The van der Waals surface area contributed by atoms with E-state index in [9.17, 15) is 0 Å². The van der Waals surface area contributed by atoms with E-state index >= 15 is 0 Å². The third kappa shape index (κ3) is 2.91. The summed E-state index contributed by atoms with van der Waals surface area (Å²) in [6.45, 7) is 4.15. The molecule has 1 aliphatic carbocycles. The topological polar surface area (TPSA) is 95.2 Å². The van der Waals surface area contributed by atoms with Gasteiger partial charge in [-0.25, -0.2) is 4.98 Å². The van der Waals surface area contributed by atoms with Crippen LogP contribution in [0, 0.1) is 5.92 Å². The number of H-pyrrole nitrogens is 2. The fourth-order valence-corrected chi connectivity index (χ4v) is 3.73. The lowest BCUT2D eigenvalue weighted by atomic mass is 10.0. The molecule has 5 aromatic rings. The van der Waals surface area contributed by atoms with Crippen molar-refractivity contribution in [1.29, 1.82) is 0 Å². The van der Waals surface area contributed by atoms with Gasteiger partial charge in [0.25, 0.3) is 0 Å². The Balaban J connectivity index is 1.40. The number of hydrogen-bond donors (Lipinski definition) is 3. The van der Waals surface area contributed by atoms with Crippen molar-refractivity contribution in [2.45, 2.75) is 12.8 Å². The maximum Gasteiger partial charge on any atom is 0.159 e. The number of aromatic amines is 2. The van der Waals surface area contributed by atoms with Crippen LogP contribution in [0.15, 0.2) is 67.4 Å². The molecule has 0 saturated heterocycles. The van der Waals surface area contributed by atoms with Crippen LogP contribution in [0.2, 0.25) is 0 Å². The van der Waals surface area contributed by atoms with Gasteiger partial charge in [-0.1, -0.05) is 12.6 Å². The largest absolute Gasteiger partial charge is 0.358 e. The van der Waals surface area contributed by atoms with Crippen molar-refractivity contribution in [3.63, 3.8) is 0 Å². The van der Waals surface area contributed by atoms with Crippen LogP contribution in [0.3, 0.4) is 0 Å². The first-order valence-electron chi connectivity index (χ1n) is 9.94. The Morgan fingerprint density at radius 1 is 1.00 bits per heavy atom. The van der Waals surface area contributed by atoms with Crippen LogP contribution in [0.4, 0.5) is 5.69 Å². The highest BCUT2D eigenvalue weighted by Crippen LogP contribution is 2.36. The SMILES string of the molecule is C=C(Nc1cncc(-c2ccc3[nH]nc(-c4nc5ccncc5[nH]4)c3c2)c1)C1CC1. The number of aromatic nitrogens is 6. The van der Waals surface area contributed by atoms with Crippen molar-refractivity contribution < 1.29 is 0 Å². The van der Waals surface area contributed by atoms with E-state index in [0.29, 0.717) is 5.92 Å². The van der Waals surface area contributed by atoms with E-state index in [1.54, 1.807) is 12.4 Å². The summed E-state index contributed by atoms with van der Waals surface area (Å²) in [5.41, 5.74) is 7.62. The molecule has 1 aromatic carbocycles. The van der Waals surface area contributed by atoms with E-state index in [1.165, 1.54) is 12.8 Å². The Morgan fingerprint density at radius 2 is 1.93 bits per heavy atom. The minimum absolute atomic E-state index is 0.595. The molecular weight excluding hydrogens is 374 g/mol. The number of rotatable bonds is 5. The summed E-state index contributed by atoms with van der Waals surface area (Å²) in [7, 11) is 0. The molecule has 4 aromatic heterocycles. The number of pyridine rings is 2. The van der Waals surface area contributed by atoms with Gasteiger partial charge in [0.05, 0.1) is 34.6 Å². The predicted molar refractivity (Wildman–Crippen MR) is 118 cm³/mol. The van der Waals surface area contributed by atoms with E-state index in [1.807, 2.05) is 24.5 Å². The Morgan fingerprint density at radius 3 is 2.80 bits per heavy atom. The third-order valence-electron chi connectivity index (χ3n) is 5.52. The molecule has 0 amide bonds. The van der Waals surface area contributed by atoms with E-state index in [4.69, 9.17) is 0 Å². The third-order valence-corrected chi connectivity index (χ3v) is 5.52. The van der Waals surface area contributed by atoms with Crippen LogP contribution in [-0.4, -0.2) is 30.1 Å². The van der Waals surface area contributed by atoms with E-state index in [2.05, 4.69) is 60.2 Å². The highest BCUT2D eigenvalue weighted by molar-refractivity contribution is 5.95. The lowest BCUT2D eigenvalue weighted by molar-refractivity contribution is 1.02. The molecule has 0 atom stereocenters. The van der Waals surface area contributed by atoms with E-state index in [0.717, 1.165) is 56.0 Å². The first-order chi connectivity index (χ1) is 14.7. The first-order valence-corrected chi connectivity index (χ1v) is 9.94. The smallest absolute Gasteiger partial charge is 0.159 e. The number of fused-ring (bicyclic) bond motifs is 2. The molecule has 6 rings (SSSR count). The second kappa shape index (κ2) is 6.52. The molecule has 4 heterocycles. The summed E-state index contributed by atoms with van der Waals surface area (Å²) in [5.74, 6) is 1.31. The standard InChI is InChI=1S/C23H19N7/c1-13(14-2-3-14)26-17-8-16(10-25-11-17)15-4-5-19-18(9-15)22(30-29-19)23-27-20-6-7-24-12-21(20)28-23/h4-12,14,26H,1-3H2,(H,27,28)(H,29,30). The average Bonchev–Trinajstić information content (AvgIpc) is 3.40. The van der Waals surface area contributed by atoms with Gasteiger partial charge in [0, 0.05) is 29.0 Å². The molecule has 1 fully saturated rings. The molecule has 0 spiro atoms. The van der Waals surface area contributed by atoms with Crippen LogP contribution in [-0.2, 0) is 0 Å². The highest BCUT2D eigenvalue weighted by atomic mass is 15.1. The molecule has 3 N–H and O–H groups in total. The molecule has 0 radical (unpaired) electrons. The van der Waals surface area contributed by atoms with Crippen LogP contribution in [0.25, 0.3) is 44.6 Å². The first kappa shape index (κ1) is 16.9. The Labute approximate surface area is 172 Å². The minimum Gasteiger partial charge on any atom is -0.358 e. The fraction of sp³-hybridized carbons (Fsp3) is 0.130. The molecular formula is C23H19N7. The molecule has 0 aliphatic heterocycles. The number of anilines is 1. The number of nitrogens with one attached hydrogen (secondary N) is 3. The quantitative estimate of drug-likeness (QED) is 0.395. The van der Waals surface area contributed by atoms with Crippen molar-refractivity contribution in [3.8, 4) is 22.6 Å². The van der Waals surface area contributed by atoms with Crippen molar-refractivity contribution in [2.24, 2.45) is 5.92 Å². The van der Waals surface area contributed by atoms with Crippen LogP contribution < -0.4 is 5.32 Å². The summed E-state index contributed by atoms with van der Waals surface area (Å²) < 4.78 is 0. The number of imidazole rings is 1. The molecule has 7 heteroatoms. The summed E-state index contributed by atoms with van der Waals surface area (Å²) in [6, 6.07) is 10.2. The molecule has 0 bridgehead atoms. The lowest BCUT2D eigenvalue weighted by Gasteiger charge is -2.10. The highest BCUT2D eigenvalue weighted by Gasteiger charge is 2.24. The van der Waals surface area contributed by atoms with Gasteiger partial charge < -0.3 is 10.3 Å². The van der Waals surface area contributed by atoms with Crippen LogP contribution >= 0.6 is 0 Å². The number of nitrogens with zero attached hydrogens (tertiary/aromatic N) is 4. The maximum absolute atomic E-state index is 4.67. The molecule has 30 heavy (non-hydrogen) atoms. The molecule has 146 valence electrons. The molecule has 7 nitrogen and oxygen atoms in total. The second-order valence-electron chi connectivity index (χ2n) is 7.70. The van der Waals surface area contributed by atoms with Crippen molar-refractivity contribution >= 4 is 27.6 Å². The normalized spacial score (nSPS) is 13.7. The zero-order valence-corrected chi connectivity index (χ0v) is 16.2. The number of allylic oxidation sites excluding steroid dienone is 1. The second-order valence-corrected chi connectivity index (χ2v) is 7.70. The zero-order chi connectivity index (χ0) is 20.1. The van der Waals surface area contributed by atoms with Gasteiger partial charge in [-0.3, -0.25) is 15.1 Å². The predicted octanol–water partition coefficient (Wildman–Crippen LogP) is 4.90. The summed E-state index contributed by atoms with van der Waals surface area (Å²) >= 11 is 0. The lowest BCUT2D eigenvalue weighted by Crippen LogP contribution is -2.00. The summed E-state index contributed by atoms with van der Waals surface area (Å²) in [4.78, 5) is 16.5. The monoisotopic (exact) mass is 393 g/mol. The summed E-state index contributed by atoms with van der Waals surface area (Å²) in [6.07, 6.45) is 9.65. The number of hydrogen-bond acceptors (Lipinski definition) is 5. The minimum atomic E-state index is 0.595. The average molecular weight is 393 g/mol. The van der Waals surface area contributed by atoms with Gasteiger partial charge >= 0.3 is 0 Å². The van der Waals surface area contributed by atoms with Gasteiger partial charge in [0.1, 0.15) is 5.69 Å². The van der Waals surface area contributed by atoms with Crippen LogP contribution in [0.5, 0.6) is 0 Å². The molecule has 1 saturated carbocycles. The van der Waals surface area contributed by atoms with Crippen LogP contribution in [0.1, 0.15) is 12.8 Å². The van der Waals surface area contributed by atoms with Gasteiger partial charge in [-0.2, -0.15) is 5.10 Å². The maximum atomic E-state index is 4.67. The Bertz CT molecular complexity index is 1370. The number of benzene rings is 1. The Hall–Kier alpha value is -4.00. The van der Waals surface area contributed by atoms with Crippen molar-refractivity contribution in [1.82, 2.24) is 30.1 Å². The molecule has 0 unspecified atom stereocenters. The Kier molecular flexibility index (Phi) is 3.67. The fourth-order valence-electron chi connectivity index (χ4n) is 3.73. The van der Waals surface area contributed by atoms with Gasteiger partial charge in [0.15, 0.2) is 5.82 Å². The molecule has 1 aliphatic rings. The van der Waals surface area contributed by atoms with E-state index in [-0.39, 0.29) is 0 Å². The van der Waals surface area contributed by atoms with Crippen molar-refractivity contribution in [3.05, 3.63) is 67.4 Å². The van der Waals surface area contributed by atoms with Gasteiger partial charge in [-0.15, -0.1) is 0 Å². The summed E-state index contributed by atoms with van der Waals surface area (Å²) in [5, 5.41) is 12.0. The van der Waals surface area contributed by atoms with Crippen molar-refractivity contribution in [2.75, 3.05) is 5.32 Å².